The smallest absolute Gasteiger partial charge is 0.358 e. The van der Waals surface area contributed by atoms with Gasteiger partial charge < -0.3 is 10.1 Å². The highest BCUT2D eigenvalue weighted by Crippen LogP contribution is 2.43. The van der Waals surface area contributed by atoms with Crippen LogP contribution in [0.3, 0.4) is 0 Å². The molecule has 1 heterocycles. The van der Waals surface area contributed by atoms with Crippen molar-refractivity contribution in [3.05, 3.63) is 64.6 Å². The maximum absolute atomic E-state index is 15.9. The average Bonchev–Trinajstić information content (AvgIpc) is 3.04. The summed E-state index contributed by atoms with van der Waals surface area (Å²) in [5.74, 6) is -4.09. The minimum absolute atomic E-state index is 0.0235. The number of benzene rings is 2. The molecule has 4 rings (SSSR count). The van der Waals surface area contributed by atoms with Gasteiger partial charge in [-0.3, -0.25) is 0 Å². The second kappa shape index (κ2) is 6.81. The van der Waals surface area contributed by atoms with Crippen molar-refractivity contribution >= 4 is 38.3 Å². The first-order chi connectivity index (χ1) is 13.6. The number of fused-ring (bicyclic) bond motifs is 3. The van der Waals surface area contributed by atoms with Crippen LogP contribution in [0.1, 0.15) is 17.7 Å². The van der Waals surface area contributed by atoms with E-state index >= 15 is 4.39 Å². The molecule has 0 radical (unpaired) electrons. The monoisotopic (exact) mass is 439 g/mol. The molecule has 0 aliphatic heterocycles. The molecule has 0 bridgehead atoms. The Hall–Kier alpha value is -2.45. The lowest BCUT2D eigenvalue weighted by Gasteiger charge is -2.32. The van der Waals surface area contributed by atoms with E-state index in [1.807, 2.05) is 0 Å². The molecule has 0 fully saturated rings. The largest absolute Gasteiger partial charge is 0.478 e. The Labute approximate surface area is 170 Å². The molecular formula is C20H16ClF2NO4S. The molecule has 1 aromatic heterocycles. The Morgan fingerprint density at radius 3 is 2.55 bits per heavy atom. The van der Waals surface area contributed by atoms with Crippen LogP contribution in [0.5, 0.6) is 0 Å². The number of aromatic nitrogens is 1. The number of nitrogens with one attached hydrogen (secondary N) is 1. The highest BCUT2D eigenvalue weighted by atomic mass is 35.5. The molecule has 2 atom stereocenters. The number of alkyl halides is 1. The summed E-state index contributed by atoms with van der Waals surface area (Å²) in [5, 5.41) is 7.45. The van der Waals surface area contributed by atoms with Gasteiger partial charge in [0.25, 0.3) is 0 Å². The van der Waals surface area contributed by atoms with Crippen LogP contribution in [-0.2, 0) is 27.5 Å². The molecule has 0 saturated carbocycles. The highest BCUT2D eigenvalue weighted by molar-refractivity contribution is 7.93. The van der Waals surface area contributed by atoms with Gasteiger partial charge in [-0.25, -0.2) is 22.0 Å². The third-order valence-electron chi connectivity index (χ3n) is 5.48. The lowest BCUT2D eigenvalue weighted by atomic mass is 9.83. The highest BCUT2D eigenvalue weighted by Gasteiger charge is 2.59. The van der Waals surface area contributed by atoms with E-state index in [0.717, 1.165) is 40.7 Å². The number of aliphatic carboxylic acids is 1. The van der Waals surface area contributed by atoms with E-state index in [1.165, 1.54) is 0 Å². The van der Waals surface area contributed by atoms with Gasteiger partial charge in [-0.2, -0.15) is 0 Å². The number of carbonyl (C=O) groups is 1. The molecule has 0 saturated heterocycles. The second-order valence-electron chi connectivity index (χ2n) is 7.12. The fourth-order valence-electron chi connectivity index (χ4n) is 4.01. The number of rotatable bonds is 4. The molecule has 29 heavy (non-hydrogen) atoms. The van der Waals surface area contributed by atoms with Crippen LogP contribution in [0.4, 0.5) is 8.78 Å². The fraction of sp³-hybridized carbons (Fsp3) is 0.250. The Kier molecular flexibility index (Phi) is 4.66. The van der Waals surface area contributed by atoms with E-state index in [0.29, 0.717) is 17.1 Å². The Bertz CT molecular complexity index is 1220. The lowest BCUT2D eigenvalue weighted by molar-refractivity contribution is -0.148. The predicted molar refractivity (Wildman–Crippen MR) is 104 cm³/mol. The number of aryl methyl sites for hydroxylation is 1. The SMILES string of the molecule is O=C(O)C(F)(C1CCc2c([nH]c3ccc(Cl)cc23)C1)S(=O)(=O)c1ccc(F)cc1. The van der Waals surface area contributed by atoms with Crippen LogP contribution in [0.25, 0.3) is 10.9 Å². The van der Waals surface area contributed by atoms with Crippen molar-refractivity contribution in [1.29, 1.82) is 0 Å². The number of halogens is 3. The van der Waals surface area contributed by atoms with Crippen LogP contribution >= 0.6 is 11.6 Å². The Balaban J connectivity index is 1.78. The summed E-state index contributed by atoms with van der Waals surface area (Å²) in [6, 6.07) is 8.69. The minimum atomic E-state index is -4.92. The lowest BCUT2D eigenvalue weighted by Crippen LogP contribution is -2.50. The summed E-state index contributed by atoms with van der Waals surface area (Å²) < 4.78 is 54.9. The van der Waals surface area contributed by atoms with E-state index in [-0.39, 0.29) is 12.8 Å². The van der Waals surface area contributed by atoms with E-state index in [2.05, 4.69) is 4.98 Å². The summed E-state index contributed by atoms with van der Waals surface area (Å²) in [5.41, 5.74) is 2.24. The number of H-pyrrole nitrogens is 1. The van der Waals surface area contributed by atoms with Gasteiger partial charge in [0.05, 0.1) is 4.90 Å². The second-order valence-corrected chi connectivity index (χ2v) is 9.63. The van der Waals surface area contributed by atoms with E-state index in [1.54, 1.807) is 18.2 Å². The van der Waals surface area contributed by atoms with E-state index in [9.17, 15) is 22.7 Å². The summed E-state index contributed by atoms with van der Waals surface area (Å²) in [6.45, 7) is 0. The predicted octanol–water partition coefficient (Wildman–Crippen LogP) is 4.29. The molecule has 1 aliphatic carbocycles. The summed E-state index contributed by atoms with van der Waals surface area (Å²) in [4.78, 5) is 14.4. The molecule has 0 spiro atoms. The van der Waals surface area contributed by atoms with Crippen molar-refractivity contribution in [3.63, 3.8) is 0 Å². The molecule has 2 aromatic carbocycles. The van der Waals surface area contributed by atoms with Gasteiger partial charge in [-0.15, -0.1) is 0 Å². The van der Waals surface area contributed by atoms with E-state index < -0.39 is 37.4 Å². The fourth-order valence-corrected chi connectivity index (χ4v) is 5.89. The van der Waals surface area contributed by atoms with Crippen molar-refractivity contribution in [1.82, 2.24) is 4.98 Å². The summed E-state index contributed by atoms with van der Waals surface area (Å²) >= 11 is 6.04. The standard InChI is InChI=1S/C20H16ClF2NO4S/c21-12-2-8-17-16(10-12)15-7-1-11(9-18(15)24-17)20(23,19(25)26)29(27,28)14-5-3-13(22)4-6-14/h2-6,8,10-11,24H,1,7,9H2,(H,25,26). The maximum Gasteiger partial charge on any atom is 0.358 e. The zero-order valence-corrected chi connectivity index (χ0v) is 16.5. The van der Waals surface area contributed by atoms with Crippen LogP contribution in [0, 0.1) is 11.7 Å². The number of carboxylic acids is 1. The van der Waals surface area contributed by atoms with Crippen LogP contribution < -0.4 is 0 Å². The van der Waals surface area contributed by atoms with Crippen LogP contribution in [-0.4, -0.2) is 29.5 Å². The van der Waals surface area contributed by atoms with Crippen LogP contribution in [0.15, 0.2) is 47.4 Å². The third-order valence-corrected chi connectivity index (χ3v) is 7.90. The number of aromatic amines is 1. The Morgan fingerprint density at radius 2 is 1.90 bits per heavy atom. The van der Waals surface area contributed by atoms with Gasteiger partial charge in [0.2, 0.25) is 9.84 Å². The van der Waals surface area contributed by atoms with Gasteiger partial charge in [-0.1, -0.05) is 11.6 Å². The van der Waals surface area contributed by atoms with Gasteiger partial charge in [0.1, 0.15) is 5.82 Å². The van der Waals surface area contributed by atoms with Crippen molar-refractivity contribution in [3.8, 4) is 0 Å². The molecule has 0 amide bonds. The zero-order valence-electron chi connectivity index (χ0n) is 15.0. The molecule has 152 valence electrons. The summed E-state index contributed by atoms with van der Waals surface area (Å²) in [6.07, 6.45) is 0.235. The zero-order chi connectivity index (χ0) is 21.0. The van der Waals surface area contributed by atoms with Crippen molar-refractivity contribution in [2.45, 2.75) is 29.2 Å². The maximum atomic E-state index is 15.9. The number of hydrogen-bond acceptors (Lipinski definition) is 3. The first-order valence-corrected chi connectivity index (χ1v) is 10.7. The van der Waals surface area contributed by atoms with Gasteiger partial charge in [-0.05, 0) is 67.3 Å². The minimum Gasteiger partial charge on any atom is -0.478 e. The molecule has 2 unspecified atom stereocenters. The first-order valence-electron chi connectivity index (χ1n) is 8.86. The molecule has 1 aliphatic rings. The average molecular weight is 440 g/mol. The van der Waals surface area contributed by atoms with E-state index in [4.69, 9.17) is 11.6 Å². The van der Waals surface area contributed by atoms with Crippen molar-refractivity contribution in [2.75, 3.05) is 0 Å². The normalized spacial score (nSPS) is 18.9. The molecule has 3 aromatic rings. The van der Waals surface area contributed by atoms with Crippen molar-refractivity contribution < 1.29 is 27.1 Å². The number of carboxylic acid groups (broad SMARTS) is 1. The van der Waals surface area contributed by atoms with Crippen LogP contribution in [0.2, 0.25) is 5.02 Å². The van der Waals surface area contributed by atoms with Crippen molar-refractivity contribution in [2.24, 2.45) is 5.92 Å². The molecular weight excluding hydrogens is 424 g/mol. The topological polar surface area (TPSA) is 87.2 Å². The molecule has 9 heteroatoms. The van der Waals surface area contributed by atoms with Gasteiger partial charge >= 0.3 is 11.0 Å². The first kappa shape index (κ1) is 19.8. The third kappa shape index (κ3) is 3.02. The number of sulfone groups is 1. The van der Waals surface area contributed by atoms with Gasteiger partial charge in [0.15, 0.2) is 0 Å². The Morgan fingerprint density at radius 1 is 1.21 bits per heavy atom. The quantitative estimate of drug-likeness (QED) is 0.594. The molecule has 2 N–H and O–H groups in total. The van der Waals surface area contributed by atoms with Gasteiger partial charge in [0, 0.05) is 27.5 Å². The number of hydrogen-bond donors (Lipinski definition) is 2. The molecule has 5 nitrogen and oxygen atoms in total. The summed E-state index contributed by atoms with van der Waals surface area (Å²) in [7, 11) is -4.92.